The van der Waals surface area contributed by atoms with Crippen LogP contribution in [0.2, 0.25) is 0 Å². The molecule has 0 spiro atoms. The number of hydrogen-bond donors (Lipinski definition) is 0. The smallest absolute Gasteiger partial charge is 0.306 e. The highest BCUT2D eigenvalue weighted by Crippen LogP contribution is 2.19. The van der Waals surface area contributed by atoms with E-state index in [0.717, 1.165) is 57.8 Å². The van der Waals surface area contributed by atoms with E-state index in [-0.39, 0.29) is 31.1 Å². The van der Waals surface area contributed by atoms with Crippen molar-refractivity contribution in [3.63, 3.8) is 0 Å². The van der Waals surface area contributed by atoms with E-state index in [2.05, 4.69) is 20.8 Å². The lowest BCUT2D eigenvalue weighted by atomic mass is 10.0. The van der Waals surface area contributed by atoms with E-state index < -0.39 is 6.10 Å². The molecule has 0 bridgehead atoms. The molecule has 0 aromatic rings. The van der Waals surface area contributed by atoms with Crippen molar-refractivity contribution in [3.05, 3.63) is 0 Å². The molecule has 75 heavy (non-hydrogen) atoms. The molecule has 0 saturated carbocycles. The number of hydrogen-bond acceptors (Lipinski definition) is 6. The molecule has 0 aliphatic carbocycles. The summed E-state index contributed by atoms with van der Waals surface area (Å²) >= 11 is 0. The predicted molar refractivity (Wildman–Crippen MR) is 326 cm³/mol. The summed E-state index contributed by atoms with van der Waals surface area (Å²) in [4.78, 5) is 38.4. The van der Waals surface area contributed by atoms with E-state index >= 15 is 0 Å². The highest BCUT2D eigenvalue weighted by Gasteiger charge is 2.19. The maximum Gasteiger partial charge on any atom is 0.306 e. The van der Waals surface area contributed by atoms with Crippen LogP contribution in [-0.4, -0.2) is 37.2 Å². The molecule has 0 aromatic carbocycles. The van der Waals surface area contributed by atoms with Crippen LogP contribution in [0.4, 0.5) is 0 Å². The Morgan fingerprint density at radius 2 is 0.360 bits per heavy atom. The van der Waals surface area contributed by atoms with Crippen molar-refractivity contribution in [3.8, 4) is 0 Å². The molecular weight excluding hydrogens is 925 g/mol. The molecule has 446 valence electrons. The van der Waals surface area contributed by atoms with Crippen molar-refractivity contribution in [2.45, 2.75) is 412 Å². The molecule has 6 heteroatoms. The average Bonchev–Trinajstić information content (AvgIpc) is 3.41. The topological polar surface area (TPSA) is 78.9 Å². The first-order valence-electron chi connectivity index (χ1n) is 34.5. The van der Waals surface area contributed by atoms with Crippen LogP contribution >= 0.6 is 0 Å². The van der Waals surface area contributed by atoms with Gasteiger partial charge in [-0.25, -0.2) is 0 Å². The molecule has 0 saturated heterocycles. The van der Waals surface area contributed by atoms with E-state index in [9.17, 15) is 14.4 Å². The molecule has 0 N–H and O–H groups in total. The Bertz CT molecular complexity index is 1120. The summed E-state index contributed by atoms with van der Waals surface area (Å²) in [5.41, 5.74) is 0. The van der Waals surface area contributed by atoms with Gasteiger partial charge < -0.3 is 14.2 Å². The molecule has 0 aromatic heterocycles. The van der Waals surface area contributed by atoms with Crippen LogP contribution < -0.4 is 0 Å². The number of carbonyl (C=O) groups excluding carboxylic acids is 3. The summed E-state index contributed by atoms with van der Waals surface area (Å²) in [5.74, 6) is -0.819. The first-order chi connectivity index (χ1) is 37.0. The standard InChI is InChI=1S/C69H134O6/c1-4-7-10-13-16-19-22-25-28-30-32-34-36-38-41-44-47-50-53-56-59-62-68(71)74-65-66(64-73-67(70)61-58-55-52-49-46-43-40-27-24-21-18-15-12-9-6-3)75-69(72)63-60-57-54-51-48-45-42-39-37-35-33-31-29-26-23-20-17-14-11-8-5-2/h66H,4-65H2,1-3H3. The summed E-state index contributed by atoms with van der Waals surface area (Å²) < 4.78 is 17.0. The second-order valence-electron chi connectivity index (χ2n) is 23.8. The van der Waals surface area contributed by atoms with Gasteiger partial charge in [0.05, 0.1) is 0 Å². The molecule has 1 atom stereocenters. The van der Waals surface area contributed by atoms with Crippen molar-refractivity contribution in [2.75, 3.05) is 13.2 Å². The zero-order chi connectivity index (χ0) is 54.3. The molecule has 0 rings (SSSR count). The second kappa shape index (κ2) is 64.9. The van der Waals surface area contributed by atoms with Gasteiger partial charge in [0, 0.05) is 19.3 Å². The third-order valence-electron chi connectivity index (χ3n) is 16.1. The van der Waals surface area contributed by atoms with Gasteiger partial charge in [0.25, 0.3) is 0 Å². The van der Waals surface area contributed by atoms with E-state index in [1.54, 1.807) is 0 Å². The predicted octanol–water partition coefficient (Wildman–Crippen LogP) is 23.5. The van der Waals surface area contributed by atoms with Gasteiger partial charge in [-0.05, 0) is 19.3 Å². The van der Waals surface area contributed by atoms with Gasteiger partial charge in [-0.15, -0.1) is 0 Å². The van der Waals surface area contributed by atoms with Crippen LogP contribution in [0.5, 0.6) is 0 Å². The van der Waals surface area contributed by atoms with Gasteiger partial charge in [-0.3, -0.25) is 14.4 Å². The Hall–Kier alpha value is -1.59. The summed E-state index contributed by atoms with van der Waals surface area (Å²) in [6.07, 6.45) is 75.5. The molecule has 6 nitrogen and oxygen atoms in total. The zero-order valence-corrected chi connectivity index (χ0v) is 51.4. The molecular formula is C69H134O6. The summed E-state index contributed by atoms with van der Waals surface area (Å²) in [5, 5.41) is 0. The number of esters is 3. The van der Waals surface area contributed by atoms with Crippen molar-refractivity contribution < 1.29 is 28.6 Å². The van der Waals surface area contributed by atoms with Crippen molar-refractivity contribution in [1.82, 2.24) is 0 Å². The Labute approximate surface area is 469 Å². The van der Waals surface area contributed by atoms with Crippen LogP contribution in [0, 0.1) is 0 Å². The van der Waals surface area contributed by atoms with Crippen molar-refractivity contribution in [2.24, 2.45) is 0 Å². The lowest BCUT2D eigenvalue weighted by molar-refractivity contribution is -0.167. The molecule has 0 amide bonds. The first-order valence-corrected chi connectivity index (χ1v) is 34.5. The fraction of sp³-hybridized carbons (Fsp3) is 0.957. The average molecular weight is 1060 g/mol. The number of carbonyl (C=O) groups is 3. The fourth-order valence-electron chi connectivity index (χ4n) is 10.9. The third kappa shape index (κ3) is 63.1. The van der Waals surface area contributed by atoms with Crippen molar-refractivity contribution >= 4 is 17.9 Å². The number of unbranched alkanes of at least 4 members (excludes halogenated alkanes) is 54. The lowest BCUT2D eigenvalue weighted by Gasteiger charge is -2.18. The summed E-state index contributed by atoms with van der Waals surface area (Å²) in [6, 6.07) is 0. The zero-order valence-electron chi connectivity index (χ0n) is 51.4. The molecule has 0 aliphatic heterocycles. The maximum atomic E-state index is 12.9. The molecule has 0 radical (unpaired) electrons. The highest BCUT2D eigenvalue weighted by atomic mass is 16.6. The Balaban J connectivity index is 4.25. The summed E-state index contributed by atoms with van der Waals surface area (Å²) in [6.45, 7) is 6.74. The van der Waals surface area contributed by atoms with Crippen LogP contribution in [0.15, 0.2) is 0 Å². The van der Waals surface area contributed by atoms with Gasteiger partial charge in [0.1, 0.15) is 13.2 Å². The van der Waals surface area contributed by atoms with E-state index in [1.807, 2.05) is 0 Å². The molecule has 0 heterocycles. The van der Waals surface area contributed by atoms with Crippen LogP contribution in [-0.2, 0) is 28.6 Å². The minimum absolute atomic E-state index is 0.0601. The SMILES string of the molecule is CCCCCCCCCCCCCCCCCCCCCCCC(=O)OCC(COC(=O)CCCCCCCCCCCCCCCCC)OC(=O)CCCCCCCCCCCCCCCCCCCCCCC. The quantitative estimate of drug-likeness (QED) is 0.0343. The lowest BCUT2D eigenvalue weighted by Crippen LogP contribution is -2.30. The molecule has 0 aliphatic rings. The Kier molecular flexibility index (Phi) is 63.6. The number of ether oxygens (including phenoxy) is 3. The van der Waals surface area contributed by atoms with E-state index in [1.165, 1.54) is 308 Å². The highest BCUT2D eigenvalue weighted by molar-refractivity contribution is 5.71. The Morgan fingerprint density at radius 3 is 0.533 bits per heavy atom. The number of rotatable bonds is 65. The Morgan fingerprint density at radius 1 is 0.213 bits per heavy atom. The fourth-order valence-corrected chi connectivity index (χ4v) is 10.9. The first kappa shape index (κ1) is 73.4. The summed E-state index contributed by atoms with van der Waals surface area (Å²) in [7, 11) is 0. The van der Waals surface area contributed by atoms with Gasteiger partial charge in [0.15, 0.2) is 6.10 Å². The van der Waals surface area contributed by atoms with E-state index in [4.69, 9.17) is 14.2 Å². The third-order valence-corrected chi connectivity index (χ3v) is 16.1. The normalized spacial score (nSPS) is 11.9. The van der Waals surface area contributed by atoms with Gasteiger partial charge in [-0.2, -0.15) is 0 Å². The minimum atomic E-state index is -0.763. The van der Waals surface area contributed by atoms with E-state index in [0.29, 0.717) is 19.3 Å². The van der Waals surface area contributed by atoms with Crippen LogP contribution in [0.25, 0.3) is 0 Å². The minimum Gasteiger partial charge on any atom is -0.462 e. The van der Waals surface area contributed by atoms with Crippen LogP contribution in [0.3, 0.4) is 0 Å². The molecule has 1 unspecified atom stereocenters. The maximum absolute atomic E-state index is 12.9. The largest absolute Gasteiger partial charge is 0.462 e. The van der Waals surface area contributed by atoms with Crippen LogP contribution in [0.1, 0.15) is 406 Å². The molecule has 0 fully saturated rings. The van der Waals surface area contributed by atoms with Gasteiger partial charge in [-0.1, -0.05) is 367 Å². The second-order valence-corrected chi connectivity index (χ2v) is 23.8. The van der Waals surface area contributed by atoms with Gasteiger partial charge in [0.2, 0.25) is 0 Å². The van der Waals surface area contributed by atoms with Crippen molar-refractivity contribution in [1.29, 1.82) is 0 Å². The van der Waals surface area contributed by atoms with Gasteiger partial charge >= 0.3 is 17.9 Å². The monoisotopic (exact) mass is 1060 g/mol.